The summed E-state index contributed by atoms with van der Waals surface area (Å²) in [5.41, 5.74) is 7.29. The SMILES string of the molecule is Nc1ccc2nc(CC(F)(F)F)c(NCC(=O)NO)n2c1. The van der Waals surface area contributed by atoms with Crippen LogP contribution in [-0.2, 0) is 11.2 Å². The number of halogens is 3. The van der Waals surface area contributed by atoms with Crippen LogP contribution in [0.25, 0.3) is 5.65 Å². The van der Waals surface area contributed by atoms with Gasteiger partial charge in [0.05, 0.1) is 18.7 Å². The van der Waals surface area contributed by atoms with E-state index in [1.807, 2.05) is 0 Å². The van der Waals surface area contributed by atoms with Crippen molar-refractivity contribution in [2.24, 2.45) is 0 Å². The number of nitrogen functional groups attached to an aromatic ring is 1. The van der Waals surface area contributed by atoms with E-state index in [0.717, 1.165) is 0 Å². The van der Waals surface area contributed by atoms with Crippen molar-refractivity contribution in [1.29, 1.82) is 0 Å². The minimum Gasteiger partial charge on any atom is -0.398 e. The van der Waals surface area contributed by atoms with Gasteiger partial charge in [-0.15, -0.1) is 0 Å². The van der Waals surface area contributed by atoms with Crippen LogP contribution in [0.3, 0.4) is 0 Å². The largest absolute Gasteiger partial charge is 0.398 e. The first-order valence-corrected chi connectivity index (χ1v) is 5.80. The second-order valence-corrected chi connectivity index (χ2v) is 4.28. The molecule has 0 aromatic carbocycles. The van der Waals surface area contributed by atoms with E-state index in [4.69, 9.17) is 10.9 Å². The first kappa shape index (κ1) is 14.9. The van der Waals surface area contributed by atoms with Gasteiger partial charge in [-0.05, 0) is 12.1 Å². The fourth-order valence-corrected chi connectivity index (χ4v) is 1.81. The lowest BCUT2D eigenvalue weighted by Crippen LogP contribution is -2.27. The van der Waals surface area contributed by atoms with E-state index < -0.39 is 25.0 Å². The Morgan fingerprint density at radius 3 is 2.76 bits per heavy atom. The summed E-state index contributed by atoms with van der Waals surface area (Å²) in [4.78, 5) is 14.9. The molecule has 1 amide bonds. The van der Waals surface area contributed by atoms with Gasteiger partial charge in [0.15, 0.2) is 0 Å². The molecule has 0 saturated carbocycles. The van der Waals surface area contributed by atoms with Crippen LogP contribution in [0.4, 0.5) is 24.7 Å². The third kappa shape index (κ3) is 3.54. The number of nitrogens with zero attached hydrogens (tertiary/aromatic N) is 2. The number of alkyl halides is 3. The highest BCUT2D eigenvalue weighted by molar-refractivity contribution is 5.79. The average Bonchev–Trinajstić information content (AvgIpc) is 2.70. The van der Waals surface area contributed by atoms with E-state index in [1.165, 1.54) is 28.2 Å². The number of carbonyl (C=O) groups is 1. The number of imidazole rings is 1. The standard InChI is InChI=1S/C11H12F3N5O2/c12-11(13,14)3-7-10(16-4-9(20)18-21)19-5-6(15)1-2-8(19)17-7/h1-2,5,16,21H,3-4,15H2,(H,18,20). The molecule has 10 heteroatoms. The number of rotatable bonds is 4. The topological polar surface area (TPSA) is 105 Å². The zero-order valence-corrected chi connectivity index (χ0v) is 10.6. The Morgan fingerprint density at radius 2 is 2.14 bits per heavy atom. The summed E-state index contributed by atoms with van der Waals surface area (Å²) >= 11 is 0. The number of hydroxylamine groups is 1. The maximum Gasteiger partial charge on any atom is 0.394 e. The predicted molar refractivity (Wildman–Crippen MR) is 67.8 cm³/mol. The molecule has 0 aliphatic carbocycles. The number of carbonyl (C=O) groups excluding carboxylic acids is 1. The molecule has 0 aliphatic rings. The molecule has 2 aromatic heterocycles. The molecule has 2 rings (SSSR count). The van der Waals surface area contributed by atoms with E-state index in [9.17, 15) is 18.0 Å². The second-order valence-electron chi connectivity index (χ2n) is 4.28. The van der Waals surface area contributed by atoms with Crippen LogP contribution in [-0.4, -0.2) is 33.2 Å². The maximum absolute atomic E-state index is 12.6. The molecule has 5 N–H and O–H groups in total. The number of nitrogens with one attached hydrogen (secondary N) is 2. The molecule has 114 valence electrons. The third-order valence-corrected chi connectivity index (χ3v) is 2.62. The van der Waals surface area contributed by atoms with Gasteiger partial charge in [-0.1, -0.05) is 0 Å². The van der Waals surface area contributed by atoms with Crippen LogP contribution in [0, 0.1) is 0 Å². The Labute approximate surface area is 116 Å². The first-order valence-electron chi connectivity index (χ1n) is 5.80. The lowest BCUT2D eigenvalue weighted by molar-refractivity contribution is -0.127. The van der Waals surface area contributed by atoms with Gasteiger partial charge in [0.25, 0.3) is 5.91 Å². The van der Waals surface area contributed by atoms with Crippen LogP contribution in [0.1, 0.15) is 5.69 Å². The molecular formula is C11H12F3N5O2. The molecule has 0 bridgehead atoms. The summed E-state index contributed by atoms with van der Waals surface area (Å²) in [6, 6.07) is 2.97. The number of hydrogen-bond donors (Lipinski definition) is 4. The van der Waals surface area contributed by atoms with Crippen LogP contribution < -0.4 is 16.5 Å². The number of amides is 1. The molecule has 21 heavy (non-hydrogen) atoms. The molecule has 0 saturated heterocycles. The Hall–Kier alpha value is -2.49. The lowest BCUT2D eigenvalue weighted by Gasteiger charge is -2.09. The summed E-state index contributed by atoms with van der Waals surface area (Å²) in [5, 5.41) is 10.9. The van der Waals surface area contributed by atoms with Gasteiger partial charge in [0.2, 0.25) is 0 Å². The number of aromatic nitrogens is 2. The lowest BCUT2D eigenvalue weighted by atomic mass is 10.3. The normalized spacial score (nSPS) is 11.6. The van der Waals surface area contributed by atoms with Crippen molar-refractivity contribution in [2.45, 2.75) is 12.6 Å². The fourth-order valence-electron chi connectivity index (χ4n) is 1.81. The molecule has 2 heterocycles. The Kier molecular flexibility index (Phi) is 3.89. The Morgan fingerprint density at radius 1 is 1.43 bits per heavy atom. The van der Waals surface area contributed by atoms with E-state index in [1.54, 1.807) is 0 Å². The van der Waals surface area contributed by atoms with Crippen LogP contribution in [0.2, 0.25) is 0 Å². The molecule has 0 spiro atoms. The van der Waals surface area contributed by atoms with Gasteiger partial charge in [-0.25, -0.2) is 10.5 Å². The Balaban J connectivity index is 2.43. The van der Waals surface area contributed by atoms with Crippen molar-refractivity contribution < 1.29 is 23.2 Å². The monoisotopic (exact) mass is 303 g/mol. The van der Waals surface area contributed by atoms with Crippen molar-refractivity contribution in [3.05, 3.63) is 24.0 Å². The molecule has 0 aliphatic heterocycles. The summed E-state index contributed by atoms with van der Waals surface area (Å²) in [7, 11) is 0. The van der Waals surface area contributed by atoms with Gasteiger partial charge in [0, 0.05) is 11.9 Å². The molecular weight excluding hydrogens is 291 g/mol. The number of hydrogen-bond acceptors (Lipinski definition) is 5. The predicted octanol–water partition coefficient (Wildman–Crippen LogP) is 0.939. The molecule has 2 aromatic rings. The zero-order valence-electron chi connectivity index (χ0n) is 10.6. The molecule has 0 unspecified atom stereocenters. The quantitative estimate of drug-likeness (QED) is 0.497. The number of pyridine rings is 1. The van der Waals surface area contributed by atoms with E-state index in [0.29, 0.717) is 5.69 Å². The first-order chi connectivity index (χ1) is 9.80. The molecule has 0 fully saturated rings. The van der Waals surface area contributed by atoms with E-state index in [2.05, 4.69) is 10.3 Å². The fraction of sp³-hybridized carbons (Fsp3) is 0.273. The highest BCUT2D eigenvalue weighted by Crippen LogP contribution is 2.27. The minimum atomic E-state index is -4.45. The summed E-state index contributed by atoms with van der Waals surface area (Å²) < 4.78 is 39.0. The van der Waals surface area contributed by atoms with Crippen molar-refractivity contribution in [3.63, 3.8) is 0 Å². The average molecular weight is 303 g/mol. The molecule has 0 atom stereocenters. The van der Waals surface area contributed by atoms with Crippen molar-refractivity contribution in [1.82, 2.24) is 14.9 Å². The van der Waals surface area contributed by atoms with Crippen LogP contribution in [0.5, 0.6) is 0 Å². The van der Waals surface area contributed by atoms with Gasteiger partial charge in [-0.3, -0.25) is 14.4 Å². The number of nitrogens with two attached hydrogens (primary N) is 1. The Bertz CT molecular complexity index is 668. The molecule has 7 nitrogen and oxygen atoms in total. The van der Waals surface area contributed by atoms with Crippen molar-refractivity contribution in [3.8, 4) is 0 Å². The molecule has 0 radical (unpaired) electrons. The smallest absolute Gasteiger partial charge is 0.394 e. The van der Waals surface area contributed by atoms with Crippen LogP contribution >= 0.6 is 0 Å². The van der Waals surface area contributed by atoms with E-state index in [-0.39, 0.29) is 17.2 Å². The minimum absolute atomic E-state index is 0.00164. The third-order valence-electron chi connectivity index (χ3n) is 2.62. The van der Waals surface area contributed by atoms with Gasteiger partial charge in [0.1, 0.15) is 11.5 Å². The summed E-state index contributed by atoms with van der Waals surface area (Å²) in [5.74, 6) is -0.801. The number of fused-ring (bicyclic) bond motifs is 1. The van der Waals surface area contributed by atoms with Crippen molar-refractivity contribution >= 4 is 23.1 Å². The van der Waals surface area contributed by atoms with Crippen LogP contribution in [0.15, 0.2) is 18.3 Å². The maximum atomic E-state index is 12.6. The summed E-state index contributed by atoms with van der Waals surface area (Å²) in [6.07, 6.45) is -4.31. The van der Waals surface area contributed by atoms with Crippen molar-refractivity contribution in [2.75, 3.05) is 17.6 Å². The highest BCUT2D eigenvalue weighted by atomic mass is 19.4. The zero-order chi connectivity index (χ0) is 15.6. The summed E-state index contributed by atoms with van der Waals surface area (Å²) in [6.45, 7) is -0.413. The number of anilines is 2. The second kappa shape index (κ2) is 5.48. The van der Waals surface area contributed by atoms with Gasteiger partial charge < -0.3 is 11.1 Å². The van der Waals surface area contributed by atoms with Gasteiger partial charge in [-0.2, -0.15) is 13.2 Å². The van der Waals surface area contributed by atoms with E-state index >= 15 is 0 Å². The highest BCUT2D eigenvalue weighted by Gasteiger charge is 2.31. The van der Waals surface area contributed by atoms with Gasteiger partial charge >= 0.3 is 6.18 Å².